The van der Waals surface area contributed by atoms with Crippen LogP contribution < -0.4 is 0 Å². The van der Waals surface area contributed by atoms with Crippen LogP contribution in [-0.4, -0.2) is 62.1 Å². The van der Waals surface area contributed by atoms with E-state index >= 15 is 0 Å². The van der Waals surface area contributed by atoms with Crippen molar-refractivity contribution in [3.63, 3.8) is 0 Å². The number of nitrogens with zero attached hydrogens (tertiary/aromatic N) is 6. The average Bonchev–Trinajstić information content (AvgIpc) is 3.16. The van der Waals surface area contributed by atoms with Crippen molar-refractivity contribution in [2.75, 3.05) is 26.2 Å². The van der Waals surface area contributed by atoms with E-state index < -0.39 is 0 Å². The van der Waals surface area contributed by atoms with Crippen LogP contribution in [0.1, 0.15) is 38.1 Å². The van der Waals surface area contributed by atoms with Crippen molar-refractivity contribution < 1.29 is 4.79 Å². The van der Waals surface area contributed by atoms with Crippen molar-refractivity contribution >= 4 is 5.91 Å². The van der Waals surface area contributed by atoms with E-state index in [1.807, 2.05) is 9.58 Å². The lowest BCUT2D eigenvalue weighted by Crippen LogP contribution is -2.33. The van der Waals surface area contributed by atoms with Crippen LogP contribution in [0.25, 0.3) is 0 Å². The Labute approximate surface area is 112 Å². The Morgan fingerprint density at radius 2 is 2.11 bits per heavy atom. The third-order valence-electron chi connectivity index (χ3n) is 3.85. The summed E-state index contributed by atoms with van der Waals surface area (Å²) in [6.07, 6.45) is 3.40. The standard InChI is InChI=1S/C12H20N6O/c1-10(19)17-6-2-5-16(7-8-17)9-12-13-14-15-18(12)11-3-4-11/h11H,2-9H2,1H3. The quantitative estimate of drug-likeness (QED) is 0.772. The van der Waals surface area contributed by atoms with Gasteiger partial charge in [0, 0.05) is 33.1 Å². The van der Waals surface area contributed by atoms with E-state index in [2.05, 4.69) is 20.4 Å². The highest BCUT2D eigenvalue weighted by atomic mass is 16.2. The predicted molar refractivity (Wildman–Crippen MR) is 68.2 cm³/mol. The number of hydrogen-bond acceptors (Lipinski definition) is 5. The molecule has 7 nitrogen and oxygen atoms in total. The molecule has 0 bridgehead atoms. The third-order valence-corrected chi connectivity index (χ3v) is 3.85. The van der Waals surface area contributed by atoms with Crippen LogP contribution in [0.15, 0.2) is 0 Å². The van der Waals surface area contributed by atoms with Gasteiger partial charge in [-0.05, 0) is 29.7 Å². The van der Waals surface area contributed by atoms with Crippen LogP contribution >= 0.6 is 0 Å². The van der Waals surface area contributed by atoms with E-state index in [4.69, 9.17) is 0 Å². The molecule has 0 unspecified atom stereocenters. The lowest BCUT2D eigenvalue weighted by atomic mass is 10.3. The molecule has 1 aliphatic carbocycles. The van der Waals surface area contributed by atoms with Crippen LogP contribution in [-0.2, 0) is 11.3 Å². The second-order valence-corrected chi connectivity index (χ2v) is 5.41. The zero-order valence-electron chi connectivity index (χ0n) is 11.3. The van der Waals surface area contributed by atoms with E-state index in [-0.39, 0.29) is 5.91 Å². The molecule has 1 saturated carbocycles. The molecule has 2 fully saturated rings. The third kappa shape index (κ3) is 2.91. The van der Waals surface area contributed by atoms with Crippen molar-refractivity contribution in [1.29, 1.82) is 0 Å². The summed E-state index contributed by atoms with van der Waals surface area (Å²) in [7, 11) is 0. The molecule has 0 atom stereocenters. The molecule has 7 heteroatoms. The summed E-state index contributed by atoms with van der Waals surface area (Å²) >= 11 is 0. The van der Waals surface area contributed by atoms with Crippen molar-refractivity contribution in [2.45, 2.75) is 38.8 Å². The fourth-order valence-electron chi connectivity index (χ4n) is 2.56. The lowest BCUT2D eigenvalue weighted by molar-refractivity contribution is -0.128. The first-order valence-corrected chi connectivity index (χ1v) is 6.98. The van der Waals surface area contributed by atoms with Gasteiger partial charge in [0.1, 0.15) is 0 Å². The molecule has 3 rings (SSSR count). The molecule has 1 aromatic heterocycles. The molecule has 19 heavy (non-hydrogen) atoms. The van der Waals surface area contributed by atoms with Gasteiger partial charge in [-0.1, -0.05) is 0 Å². The zero-order valence-corrected chi connectivity index (χ0v) is 11.3. The van der Waals surface area contributed by atoms with E-state index in [0.717, 1.165) is 45.0 Å². The Morgan fingerprint density at radius 1 is 1.26 bits per heavy atom. The molecule has 0 N–H and O–H groups in total. The maximum absolute atomic E-state index is 11.4. The number of rotatable bonds is 3. The number of aromatic nitrogens is 4. The molecule has 1 amide bonds. The minimum absolute atomic E-state index is 0.171. The fraction of sp³-hybridized carbons (Fsp3) is 0.833. The van der Waals surface area contributed by atoms with Gasteiger partial charge < -0.3 is 4.90 Å². The molecule has 2 heterocycles. The summed E-state index contributed by atoms with van der Waals surface area (Å²) in [5, 5.41) is 12.0. The highest BCUT2D eigenvalue weighted by Crippen LogP contribution is 2.34. The number of amides is 1. The summed E-state index contributed by atoms with van der Waals surface area (Å²) in [6.45, 7) is 6.00. The fourth-order valence-corrected chi connectivity index (χ4v) is 2.56. The highest BCUT2D eigenvalue weighted by Gasteiger charge is 2.28. The summed E-state index contributed by atoms with van der Waals surface area (Å²) in [5.74, 6) is 1.13. The molecule has 1 aromatic rings. The lowest BCUT2D eigenvalue weighted by Gasteiger charge is -2.20. The van der Waals surface area contributed by atoms with Gasteiger partial charge in [0.25, 0.3) is 0 Å². The van der Waals surface area contributed by atoms with Crippen molar-refractivity contribution in [3.05, 3.63) is 5.82 Å². The number of carbonyl (C=O) groups excluding carboxylic acids is 1. The molecule has 104 valence electrons. The van der Waals surface area contributed by atoms with Gasteiger partial charge in [0.15, 0.2) is 5.82 Å². The largest absolute Gasteiger partial charge is 0.342 e. The van der Waals surface area contributed by atoms with Crippen molar-refractivity contribution in [1.82, 2.24) is 30.0 Å². The average molecular weight is 264 g/mol. The van der Waals surface area contributed by atoms with Crippen LogP contribution in [0.2, 0.25) is 0 Å². The van der Waals surface area contributed by atoms with Gasteiger partial charge in [0.2, 0.25) is 5.91 Å². The molecule has 0 radical (unpaired) electrons. The van der Waals surface area contributed by atoms with Crippen LogP contribution in [0.5, 0.6) is 0 Å². The minimum Gasteiger partial charge on any atom is -0.342 e. The SMILES string of the molecule is CC(=O)N1CCCN(Cc2nnnn2C2CC2)CC1. The van der Waals surface area contributed by atoms with Gasteiger partial charge in [-0.15, -0.1) is 5.10 Å². The number of tetrazole rings is 1. The van der Waals surface area contributed by atoms with Crippen molar-refractivity contribution in [2.24, 2.45) is 0 Å². The second-order valence-electron chi connectivity index (χ2n) is 5.41. The Hall–Kier alpha value is -1.50. The molecule has 1 saturated heterocycles. The van der Waals surface area contributed by atoms with Crippen LogP contribution in [0.3, 0.4) is 0 Å². The van der Waals surface area contributed by atoms with Gasteiger partial charge in [-0.2, -0.15) is 0 Å². The first kappa shape index (κ1) is 12.5. The summed E-state index contributed by atoms with van der Waals surface area (Å²) in [6, 6.07) is 0.519. The van der Waals surface area contributed by atoms with Gasteiger partial charge >= 0.3 is 0 Å². The number of hydrogen-bond donors (Lipinski definition) is 0. The first-order chi connectivity index (χ1) is 9.24. The summed E-state index contributed by atoms with van der Waals surface area (Å²) in [5.41, 5.74) is 0. The van der Waals surface area contributed by atoms with E-state index in [1.165, 1.54) is 12.8 Å². The van der Waals surface area contributed by atoms with Crippen molar-refractivity contribution in [3.8, 4) is 0 Å². The summed E-state index contributed by atoms with van der Waals surface area (Å²) < 4.78 is 1.97. The Bertz CT molecular complexity index is 455. The Morgan fingerprint density at radius 3 is 2.84 bits per heavy atom. The summed E-state index contributed by atoms with van der Waals surface area (Å²) in [4.78, 5) is 15.7. The monoisotopic (exact) mass is 264 g/mol. The topological polar surface area (TPSA) is 67.2 Å². The van der Waals surface area contributed by atoms with E-state index in [9.17, 15) is 4.79 Å². The van der Waals surface area contributed by atoms with Gasteiger partial charge in [-0.3, -0.25) is 9.69 Å². The maximum Gasteiger partial charge on any atom is 0.219 e. The minimum atomic E-state index is 0.171. The second kappa shape index (κ2) is 5.24. The highest BCUT2D eigenvalue weighted by molar-refractivity contribution is 5.73. The Balaban J connectivity index is 1.60. The van der Waals surface area contributed by atoms with Gasteiger partial charge in [-0.25, -0.2) is 4.68 Å². The zero-order chi connectivity index (χ0) is 13.2. The number of carbonyl (C=O) groups is 1. The molecule has 2 aliphatic rings. The first-order valence-electron chi connectivity index (χ1n) is 6.98. The smallest absolute Gasteiger partial charge is 0.219 e. The molecule has 0 aromatic carbocycles. The van der Waals surface area contributed by atoms with Gasteiger partial charge in [0.05, 0.1) is 12.6 Å². The van der Waals surface area contributed by atoms with E-state index in [0.29, 0.717) is 6.04 Å². The van der Waals surface area contributed by atoms with E-state index in [1.54, 1.807) is 6.92 Å². The molecular weight excluding hydrogens is 244 g/mol. The maximum atomic E-state index is 11.4. The normalized spacial score (nSPS) is 21.4. The Kier molecular flexibility index (Phi) is 3.46. The predicted octanol–water partition coefficient (Wildman–Crippen LogP) is 0.0622. The molecule has 0 spiro atoms. The molecule has 1 aliphatic heterocycles. The van der Waals surface area contributed by atoms with Crippen LogP contribution in [0, 0.1) is 0 Å². The molecular formula is C12H20N6O. The van der Waals surface area contributed by atoms with Crippen LogP contribution in [0.4, 0.5) is 0 Å².